The van der Waals surface area contributed by atoms with E-state index in [1.165, 1.54) is 26.4 Å². The number of rotatable bonds is 19. The third-order valence-electron chi connectivity index (χ3n) is 7.64. The highest BCUT2D eigenvalue weighted by Gasteiger charge is 2.32. The Morgan fingerprint density at radius 3 is 2.04 bits per heavy atom. The molecular weight excluding hydrogens is 674 g/mol. The van der Waals surface area contributed by atoms with Gasteiger partial charge in [0.05, 0.1) is 12.4 Å². The monoisotopic (exact) mass is 715 g/mol. The molecule has 0 radical (unpaired) electrons. The van der Waals surface area contributed by atoms with Gasteiger partial charge >= 0.3 is 11.9 Å². The Balaban J connectivity index is 1.80. The number of hydrogen-bond donors (Lipinski definition) is 11. The van der Waals surface area contributed by atoms with Crippen LogP contribution in [0.15, 0.2) is 43.0 Å². The number of carbonyl (C=O) groups is 7. The number of aliphatic carboxylic acids is 2. The summed E-state index contributed by atoms with van der Waals surface area (Å²) < 4.78 is 0. The van der Waals surface area contributed by atoms with Crippen molar-refractivity contribution in [1.29, 1.82) is 0 Å². The first-order chi connectivity index (χ1) is 23.7. The predicted molar refractivity (Wildman–Crippen MR) is 182 cm³/mol. The third kappa shape index (κ3) is 11.3. The standard InChI is InChI=1S/C31H41N9O9S/c1-15(36-28(45)22(7-8-25(41)42)38-27(44)20(32)13-50)26(43)39-24(10-18-12-33-14-35-18)30(47)40-23(29(46)37-16(2)31(48)49)9-17-11-34-21-6-4-3-5-19(17)21/h3-6,11-12,14-16,20,22-24,34,50H,7-10,13,32H2,1-2H3,(H,33,35)(H,36,45)(H,37,46)(H,38,44)(H,39,43)(H,40,47)(H,41,42)(H,48,49)/t15-,16-,20-,22-,23-,24-/m0/s1. The summed E-state index contributed by atoms with van der Waals surface area (Å²) in [5.74, 6) is -6.58. The number of nitrogens with two attached hydrogens (primary N) is 1. The van der Waals surface area contributed by atoms with E-state index in [2.05, 4.69) is 54.2 Å². The van der Waals surface area contributed by atoms with E-state index in [1.54, 1.807) is 12.3 Å². The van der Waals surface area contributed by atoms with E-state index in [0.717, 1.165) is 10.9 Å². The van der Waals surface area contributed by atoms with Crippen molar-refractivity contribution in [2.75, 3.05) is 5.75 Å². The van der Waals surface area contributed by atoms with E-state index in [-0.39, 0.29) is 25.0 Å². The minimum Gasteiger partial charge on any atom is -0.481 e. The van der Waals surface area contributed by atoms with Crippen LogP contribution >= 0.6 is 12.6 Å². The fraction of sp³-hybridized carbons (Fsp3) is 0.419. The quantitative estimate of drug-likeness (QED) is 0.0625. The van der Waals surface area contributed by atoms with Crippen LogP contribution in [0.1, 0.15) is 37.9 Å². The van der Waals surface area contributed by atoms with Crippen LogP contribution in [0.25, 0.3) is 10.9 Å². The SMILES string of the molecule is C[C@H](NC(=O)[C@H](Cc1c[nH]c2ccccc12)NC(=O)[C@H](Cc1cnc[nH]1)NC(=O)[C@H](C)NC(=O)[C@H](CCC(=O)O)NC(=O)[C@@H](N)CS)C(=O)O. The lowest BCUT2D eigenvalue weighted by Crippen LogP contribution is -2.59. The van der Waals surface area contributed by atoms with E-state index in [9.17, 15) is 38.7 Å². The summed E-state index contributed by atoms with van der Waals surface area (Å²) in [6.45, 7) is 2.59. The van der Waals surface area contributed by atoms with Gasteiger partial charge in [0.15, 0.2) is 0 Å². The van der Waals surface area contributed by atoms with Crippen molar-refractivity contribution in [2.24, 2.45) is 5.73 Å². The van der Waals surface area contributed by atoms with Crippen molar-refractivity contribution in [2.45, 2.75) is 75.8 Å². The zero-order chi connectivity index (χ0) is 37.0. The van der Waals surface area contributed by atoms with Gasteiger partial charge in [0.1, 0.15) is 30.2 Å². The lowest BCUT2D eigenvalue weighted by molar-refractivity contribution is -0.141. The Bertz CT molecular complexity index is 1680. The number of benzene rings is 1. The van der Waals surface area contributed by atoms with Gasteiger partial charge in [-0.3, -0.25) is 33.6 Å². The van der Waals surface area contributed by atoms with Gasteiger partial charge in [-0.25, -0.2) is 4.98 Å². The molecule has 270 valence electrons. The molecule has 0 unspecified atom stereocenters. The lowest BCUT2D eigenvalue weighted by Gasteiger charge is -2.25. The van der Waals surface area contributed by atoms with Crippen LogP contribution in [-0.2, 0) is 46.4 Å². The number of carboxylic acids is 2. The highest BCUT2D eigenvalue weighted by molar-refractivity contribution is 7.80. The molecule has 6 atom stereocenters. The molecule has 50 heavy (non-hydrogen) atoms. The highest BCUT2D eigenvalue weighted by atomic mass is 32.1. The molecule has 0 saturated heterocycles. The Kier molecular flexibility index (Phi) is 14.3. The summed E-state index contributed by atoms with van der Waals surface area (Å²) >= 11 is 3.95. The average molecular weight is 716 g/mol. The first kappa shape index (κ1) is 39.0. The molecular formula is C31H41N9O9S. The van der Waals surface area contributed by atoms with Gasteiger partial charge in [0, 0.05) is 54.0 Å². The third-order valence-corrected chi connectivity index (χ3v) is 8.03. The summed E-state index contributed by atoms with van der Waals surface area (Å²) in [6.07, 6.45) is 3.53. The number of para-hydroxylation sites is 1. The number of hydrogen-bond acceptors (Lipinski definition) is 10. The van der Waals surface area contributed by atoms with E-state index >= 15 is 0 Å². The fourth-order valence-corrected chi connectivity index (χ4v) is 4.94. The van der Waals surface area contributed by atoms with Crippen LogP contribution in [0.4, 0.5) is 0 Å². The van der Waals surface area contributed by atoms with Crippen LogP contribution < -0.4 is 32.3 Å². The molecule has 11 N–H and O–H groups in total. The van der Waals surface area contributed by atoms with Crippen molar-refractivity contribution < 1.29 is 43.8 Å². The summed E-state index contributed by atoms with van der Waals surface area (Å²) in [7, 11) is 0. The molecule has 18 nitrogen and oxygen atoms in total. The van der Waals surface area contributed by atoms with Crippen LogP contribution in [0.2, 0.25) is 0 Å². The molecule has 5 amide bonds. The van der Waals surface area contributed by atoms with Crippen LogP contribution in [0.3, 0.4) is 0 Å². The largest absolute Gasteiger partial charge is 0.481 e. The lowest BCUT2D eigenvalue weighted by atomic mass is 10.0. The second-order valence-corrected chi connectivity index (χ2v) is 11.9. The van der Waals surface area contributed by atoms with Gasteiger partial charge in [0.25, 0.3) is 0 Å². The minimum absolute atomic E-state index is 0.0363. The highest BCUT2D eigenvalue weighted by Crippen LogP contribution is 2.19. The molecule has 2 heterocycles. The predicted octanol–water partition coefficient (Wildman–Crippen LogP) is -1.65. The molecule has 3 aromatic rings. The zero-order valence-electron chi connectivity index (χ0n) is 27.3. The zero-order valence-corrected chi connectivity index (χ0v) is 28.2. The number of thiol groups is 1. The molecule has 2 aromatic heterocycles. The van der Waals surface area contributed by atoms with Crippen molar-refractivity contribution >= 4 is 65.0 Å². The number of fused-ring (bicyclic) bond motifs is 1. The number of H-pyrrole nitrogens is 2. The number of nitrogens with zero attached hydrogens (tertiary/aromatic N) is 1. The molecule has 0 aliphatic heterocycles. The molecule has 3 rings (SSSR count). The van der Waals surface area contributed by atoms with Crippen molar-refractivity contribution in [3.63, 3.8) is 0 Å². The van der Waals surface area contributed by atoms with E-state index in [1.807, 2.05) is 18.2 Å². The molecule has 0 fully saturated rings. The minimum atomic E-state index is -1.35. The van der Waals surface area contributed by atoms with Gasteiger partial charge in [0.2, 0.25) is 29.5 Å². The number of imidazole rings is 1. The smallest absolute Gasteiger partial charge is 0.325 e. The summed E-state index contributed by atoms with van der Waals surface area (Å²) in [5, 5.41) is 31.6. The average Bonchev–Trinajstić information content (AvgIpc) is 3.75. The maximum atomic E-state index is 13.8. The second-order valence-electron chi connectivity index (χ2n) is 11.5. The van der Waals surface area contributed by atoms with Crippen LogP contribution in [0.5, 0.6) is 0 Å². The molecule has 0 saturated carbocycles. The number of nitrogens with one attached hydrogen (secondary N) is 7. The normalized spacial score (nSPS) is 14.6. The Morgan fingerprint density at radius 2 is 1.40 bits per heavy atom. The van der Waals surface area contributed by atoms with E-state index < -0.39 is 84.1 Å². The van der Waals surface area contributed by atoms with Gasteiger partial charge in [-0.1, -0.05) is 18.2 Å². The van der Waals surface area contributed by atoms with Crippen molar-refractivity contribution in [3.8, 4) is 0 Å². The topological polar surface area (TPSA) is 291 Å². The maximum absolute atomic E-state index is 13.8. The van der Waals surface area contributed by atoms with E-state index in [4.69, 9.17) is 10.8 Å². The maximum Gasteiger partial charge on any atom is 0.325 e. The van der Waals surface area contributed by atoms with Crippen LogP contribution in [0, 0.1) is 0 Å². The first-order valence-corrected chi connectivity index (χ1v) is 16.2. The second kappa shape index (κ2) is 18.4. The van der Waals surface area contributed by atoms with Crippen molar-refractivity contribution in [3.05, 3.63) is 54.2 Å². The van der Waals surface area contributed by atoms with Gasteiger partial charge in [-0.2, -0.15) is 12.6 Å². The number of aromatic amines is 2. The summed E-state index contributed by atoms with van der Waals surface area (Å²) in [4.78, 5) is 98.3. The first-order valence-electron chi connectivity index (χ1n) is 15.5. The fourth-order valence-electron chi connectivity index (χ4n) is 4.78. The number of carbonyl (C=O) groups excluding carboxylic acids is 5. The Hall–Kier alpha value is -5.43. The van der Waals surface area contributed by atoms with Gasteiger partial charge < -0.3 is 52.5 Å². The Labute approximate surface area is 291 Å². The number of carboxylic acid groups (broad SMARTS) is 2. The summed E-state index contributed by atoms with van der Waals surface area (Å²) in [5.41, 5.74) is 7.54. The molecule has 0 bridgehead atoms. The van der Waals surface area contributed by atoms with Crippen LogP contribution in [-0.4, -0.2) is 109 Å². The molecule has 0 aliphatic rings. The van der Waals surface area contributed by atoms with Gasteiger partial charge in [-0.05, 0) is 31.9 Å². The molecule has 19 heteroatoms. The van der Waals surface area contributed by atoms with E-state index in [0.29, 0.717) is 11.3 Å². The van der Waals surface area contributed by atoms with Crippen molar-refractivity contribution in [1.82, 2.24) is 41.5 Å². The molecule has 0 aliphatic carbocycles. The number of aromatic nitrogens is 3. The number of amides is 5. The summed E-state index contributed by atoms with van der Waals surface area (Å²) in [6, 6.07) is -0.310. The molecule has 1 aromatic carbocycles. The molecule has 0 spiro atoms. The Morgan fingerprint density at radius 1 is 0.800 bits per heavy atom. The van der Waals surface area contributed by atoms with Gasteiger partial charge in [-0.15, -0.1) is 0 Å².